The van der Waals surface area contributed by atoms with Crippen LogP contribution in [0.1, 0.15) is 65.1 Å². The predicted octanol–water partition coefficient (Wildman–Crippen LogP) is 4.22. The summed E-state index contributed by atoms with van der Waals surface area (Å²) in [7, 11) is 0. The molecule has 0 saturated heterocycles. The zero-order valence-corrected chi connectivity index (χ0v) is 12.6. The van der Waals surface area contributed by atoms with Crippen LogP contribution in [-0.2, 0) is 5.41 Å². The van der Waals surface area contributed by atoms with Crippen molar-refractivity contribution in [1.29, 1.82) is 0 Å². The summed E-state index contributed by atoms with van der Waals surface area (Å²) < 4.78 is 4.41. The van der Waals surface area contributed by atoms with Gasteiger partial charge in [-0.3, -0.25) is 0 Å². The van der Waals surface area contributed by atoms with Crippen LogP contribution in [0.3, 0.4) is 0 Å². The van der Waals surface area contributed by atoms with E-state index in [1.54, 1.807) is 0 Å². The van der Waals surface area contributed by atoms with Crippen molar-refractivity contribution >= 4 is 16.7 Å². The van der Waals surface area contributed by atoms with Gasteiger partial charge in [-0.1, -0.05) is 46.5 Å². The standard InChI is InChI=1S/C14H25N3S/c1-14(2,3)12-16-13(18-17-12)15-10-6-9-11-7-4-5-8-11/h11H,4-10H2,1-3H3,(H,15,16,17). The minimum atomic E-state index is 0.0558. The van der Waals surface area contributed by atoms with Crippen molar-refractivity contribution in [1.82, 2.24) is 9.36 Å². The second kappa shape index (κ2) is 6.00. The molecule has 0 spiro atoms. The lowest BCUT2D eigenvalue weighted by atomic mass is 9.96. The van der Waals surface area contributed by atoms with Gasteiger partial charge in [0.15, 0.2) is 0 Å². The highest BCUT2D eigenvalue weighted by Crippen LogP contribution is 2.28. The average molecular weight is 267 g/mol. The van der Waals surface area contributed by atoms with E-state index in [1.165, 1.54) is 50.1 Å². The van der Waals surface area contributed by atoms with Crippen LogP contribution < -0.4 is 5.32 Å². The molecule has 1 aromatic heterocycles. The van der Waals surface area contributed by atoms with E-state index in [0.29, 0.717) is 0 Å². The van der Waals surface area contributed by atoms with E-state index in [1.807, 2.05) is 0 Å². The fraction of sp³-hybridized carbons (Fsp3) is 0.857. The molecule has 18 heavy (non-hydrogen) atoms. The molecule has 0 aliphatic heterocycles. The van der Waals surface area contributed by atoms with Crippen LogP contribution in [0.2, 0.25) is 0 Å². The quantitative estimate of drug-likeness (QED) is 0.812. The Kier molecular flexibility index (Phi) is 4.60. The lowest BCUT2D eigenvalue weighted by Gasteiger charge is -2.12. The van der Waals surface area contributed by atoms with Crippen LogP contribution in [0.5, 0.6) is 0 Å². The first-order valence-electron chi connectivity index (χ1n) is 7.14. The van der Waals surface area contributed by atoms with Crippen LogP contribution >= 0.6 is 11.5 Å². The minimum absolute atomic E-state index is 0.0558. The van der Waals surface area contributed by atoms with Crippen molar-refractivity contribution in [3.63, 3.8) is 0 Å². The monoisotopic (exact) mass is 267 g/mol. The maximum Gasteiger partial charge on any atom is 0.202 e. The van der Waals surface area contributed by atoms with Crippen LogP contribution in [0.25, 0.3) is 0 Å². The van der Waals surface area contributed by atoms with Crippen molar-refractivity contribution in [2.24, 2.45) is 5.92 Å². The maximum absolute atomic E-state index is 4.55. The summed E-state index contributed by atoms with van der Waals surface area (Å²) in [5, 5.41) is 4.38. The zero-order chi connectivity index (χ0) is 13.0. The molecule has 1 aromatic rings. The van der Waals surface area contributed by atoms with Gasteiger partial charge >= 0.3 is 0 Å². The predicted molar refractivity (Wildman–Crippen MR) is 78.3 cm³/mol. The third-order valence-electron chi connectivity index (χ3n) is 3.64. The Labute approximate surface area is 115 Å². The summed E-state index contributed by atoms with van der Waals surface area (Å²) in [6.45, 7) is 7.49. The molecular formula is C14H25N3S. The van der Waals surface area contributed by atoms with Crippen LogP contribution in [0.4, 0.5) is 5.13 Å². The number of anilines is 1. The lowest BCUT2D eigenvalue weighted by Crippen LogP contribution is -2.13. The van der Waals surface area contributed by atoms with Crippen molar-refractivity contribution in [3.8, 4) is 0 Å². The van der Waals surface area contributed by atoms with E-state index in [9.17, 15) is 0 Å². The molecule has 0 atom stereocenters. The molecule has 1 N–H and O–H groups in total. The van der Waals surface area contributed by atoms with Crippen LogP contribution in [0.15, 0.2) is 0 Å². The molecule has 1 fully saturated rings. The van der Waals surface area contributed by atoms with Gasteiger partial charge in [0.05, 0.1) is 0 Å². The summed E-state index contributed by atoms with van der Waals surface area (Å²) in [4.78, 5) is 4.55. The number of hydrogen-bond acceptors (Lipinski definition) is 4. The fourth-order valence-electron chi connectivity index (χ4n) is 2.49. The van der Waals surface area contributed by atoms with Gasteiger partial charge in [0.2, 0.25) is 5.13 Å². The van der Waals surface area contributed by atoms with Gasteiger partial charge in [-0.05, 0) is 18.8 Å². The Bertz CT molecular complexity index is 361. The Morgan fingerprint density at radius 3 is 2.61 bits per heavy atom. The fourth-order valence-corrected chi connectivity index (χ4v) is 3.27. The Hall–Kier alpha value is -0.640. The molecule has 1 heterocycles. The highest BCUT2D eigenvalue weighted by Gasteiger charge is 2.19. The Balaban J connectivity index is 1.68. The Morgan fingerprint density at radius 2 is 2.00 bits per heavy atom. The molecule has 1 aliphatic rings. The van der Waals surface area contributed by atoms with Crippen LogP contribution in [-0.4, -0.2) is 15.9 Å². The molecular weight excluding hydrogens is 242 g/mol. The summed E-state index contributed by atoms with van der Waals surface area (Å²) in [5.74, 6) is 1.94. The molecule has 0 amide bonds. The van der Waals surface area contributed by atoms with E-state index in [4.69, 9.17) is 0 Å². The van der Waals surface area contributed by atoms with Gasteiger partial charge in [0.25, 0.3) is 0 Å². The van der Waals surface area contributed by atoms with Gasteiger partial charge in [0.1, 0.15) is 5.82 Å². The lowest BCUT2D eigenvalue weighted by molar-refractivity contribution is 0.491. The number of nitrogens with zero attached hydrogens (tertiary/aromatic N) is 2. The Morgan fingerprint density at radius 1 is 1.28 bits per heavy atom. The number of rotatable bonds is 5. The summed E-state index contributed by atoms with van der Waals surface area (Å²) in [5.41, 5.74) is 0.0558. The first-order chi connectivity index (χ1) is 8.55. The second-order valence-electron chi connectivity index (χ2n) is 6.39. The molecule has 1 aliphatic carbocycles. The molecule has 102 valence electrons. The molecule has 0 bridgehead atoms. The van der Waals surface area contributed by atoms with Gasteiger partial charge in [-0.15, -0.1) is 0 Å². The molecule has 0 unspecified atom stereocenters. The summed E-state index contributed by atoms with van der Waals surface area (Å²) >= 11 is 1.49. The average Bonchev–Trinajstić information content (AvgIpc) is 2.95. The molecule has 3 nitrogen and oxygen atoms in total. The zero-order valence-electron chi connectivity index (χ0n) is 11.8. The third kappa shape index (κ3) is 3.94. The number of hydrogen-bond donors (Lipinski definition) is 1. The highest BCUT2D eigenvalue weighted by atomic mass is 32.1. The molecule has 1 saturated carbocycles. The van der Waals surface area contributed by atoms with Crippen molar-refractivity contribution < 1.29 is 0 Å². The summed E-state index contributed by atoms with van der Waals surface area (Å²) in [6.07, 6.45) is 8.43. The normalized spacial score (nSPS) is 17.3. The van der Waals surface area contributed by atoms with Crippen LogP contribution in [0, 0.1) is 5.92 Å². The van der Waals surface area contributed by atoms with E-state index >= 15 is 0 Å². The highest BCUT2D eigenvalue weighted by molar-refractivity contribution is 7.09. The van der Waals surface area contributed by atoms with Crippen molar-refractivity contribution in [2.75, 3.05) is 11.9 Å². The van der Waals surface area contributed by atoms with E-state index in [2.05, 4.69) is 35.4 Å². The van der Waals surface area contributed by atoms with Gasteiger partial charge in [-0.25, -0.2) is 4.98 Å². The first kappa shape index (κ1) is 13.8. The molecule has 0 radical (unpaired) electrons. The van der Waals surface area contributed by atoms with Gasteiger partial charge in [-0.2, -0.15) is 4.37 Å². The number of aromatic nitrogens is 2. The maximum atomic E-state index is 4.55. The van der Waals surface area contributed by atoms with E-state index in [-0.39, 0.29) is 5.41 Å². The second-order valence-corrected chi connectivity index (χ2v) is 7.14. The SMILES string of the molecule is CC(C)(C)c1nsc(NCCCC2CCCC2)n1. The number of nitrogens with one attached hydrogen (secondary N) is 1. The smallest absolute Gasteiger partial charge is 0.202 e. The molecule has 2 rings (SSSR count). The van der Waals surface area contributed by atoms with Gasteiger partial charge in [0, 0.05) is 23.5 Å². The minimum Gasteiger partial charge on any atom is -0.360 e. The van der Waals surface area contributed by atoms with E-state index in [0.717, 1.165) is 23.4 Å². The largest absolute Gasteiger partial charge is 0.360 e. The topological polar surface area (TPSA) is 37.8 Å². The van der Waals surface area contributed by atoms with Gasteiger partial charge < -0.3 is 5.32 Å². The van der Waals surface area contributed by atoms with E-state index < -0.39 is 0 Å². The molecule has 4 heteroatoms. The molecule has 0 aromatic carbocycles. The van der Waals surface area contributed by atoms with Crippen molar-refractivity contribution in [3.05, 3.63) is 5.82 Å². The first-order valence-corrected chi connectivity index (χ1v) is 7.91. The summed E-state index contributed by atoms with van der Waals surface area (Å²) in [6, 6.07) is 0. The third-order valence-corrected chi connectivity index (χ3v) is 4.31. The van der Waals surface area contributed by atoms with Crippen molar-refractivity contribution in [2.45, 2.75) is 64.7 Å².